The summed E-state index contributed by atoms with van der Waals surface area (Å²) in [7, 11) is 0. The third-order valence-electron chi connectivity index (χ3n) is 15.0. The van der Waals surface area contributed by atoms with Crippen LogP contribution in [-0.2, 0) is 14.3 Å². The Balaban J connectivity index is 2.19. The fraction of sp³-hybridized carbons (Fsp3) is 0.806. The van der Waals surface area contributed by atoms with Gasteiger partial charge in [0.15, 0.2) is 6.29 Å². The molecule has 0 bridgehead atoms. The summed E-state index contributed by atoms with van der Waals surface area (Å²) in [6.45, 7) is 3.68. The lowest BCUT2D eigenvalue weighted by Crippen LogP contribution is -2.60. The van der Waals surface area contributed by atoms with E-state index in [9.17, 15) is 30.3 Å². The minimum atomic E-state index is -1.58. The van der Waals surface area contributed by atoms with Crippen molar-refractivity contribution in [3.63, 3.8) is 0 Å². The molecule has 442 valence electrons. The number of carbonyl (C=O) groups is 1. The SMILES string of the molecule is CC/C=C\C/C=C\C/C=C\C/C=C\CCCCCCCCCCCCC(=O)NC(COC1OC(CO)C(O)C(O)C1O)C(O)/C=C/CC/C=C/CCCCCCCCCCCCCCCCCCCCCCCCCC. The third kappa shape index (κ3) is 44.5. The van der Waals surface area contributed by atoms with E-state index in [2.05, 4.69) is 79.9 Å². The average Bonchev–Trinajstić information content (AvgIpc) is 3.42. The highest BCUT2D eigenvalue weighted by Crippen LogP contribution is 2.23. The maximum atomic E-state index is 13.1. The lowest BCUT2D eigenvalue weighted by Gasteiger charge is -2.40. The maximum Gasteiger partial charge on any atom is 0.220 e. The van der Waals surface area contributed by atoms with Crippen molar-refractivity contribution in [3.8, 4) is 0 Å². The first-order valence-electron chi connectivity index (χ1n) is 32.2. The van der Waals surface area contributed by atoms with Crippen molar-refractivity contribution in [2.45, 2.75) is 333 Å². The first-order chi connectivity index (χ1) is 37.3. The largest absolute Gasteiger partial charge is 0.394 e. The van der Waals surface area contributed by atoms with Gasteiger partial charge in [-0.25, -0.2) is 0 Å². The van der Waals surface area contributed by atoms with Crippen LogP contribution in [0.15, 0.2) is 72.9 Å². The molecule has 76 heavy (non-hydrogen) atoms. The van der Waals surface area contributed by atoms with E-state index < -0.39 is 49.5 Å². The van der Waals surface area contributed by atoms with Gasteiger partial charge < -0.3 is 40.3 Å². The molecule has 0 aromatic carbocycles. The molecule has 7 unspecified atom stereocenters. The molecule has 0 radical (unpaired) electrons. The third-order valence-corrected chi connectivity index (χ3v) is 15.0. The van der Waals surface area contributed by atoms with Crippen LogP contribution in [0, 0.1) is 0 Å². The number of amides is 1. The van der Waals surface area contributed by atoms with Crippen molar-refractivity contribution < 1.29 is 39.8 Å². The van der Waals surface area contributed by atoms with Crippen molar-refractivity contribution >= 4 is 5.91 Å². The molecule has 9 heteroatoms. The normalized spacial score (nSPS) is 19.3. The van der Waals surface area contributed by atoms with E-state index in [1.54, 1.807) is 6.08 Å². The molecule has 6 N–H and O–H groups in total. The van der Waals surface area contributed by atoms with Crippen LogP contribution in [0.2, 0.25) is 0 Å². The van der Waals surface area contributed by atoms with Crippen LogP contribution in [-0.4, -0.2) is 87.5 Å². The summed E-state index contributed by atoms with van der Waals surface area (Å²) < 4.78 is 11.3. The summed E-state index contributed by atoms with van der Waals surface area (Å²) in [5, 5.41) is 54.6. The molecule has 1 amide bonds. The second-order valence-electron chi connectivity index (χ2n) is 22.2. The fourth-order valence-electron chi connectivity index (χ4n) is 9.99. The number of carbonyl (C=O) groups excluding carboxylic acids is 1. The summed E-state index contributed by atoms with van der Waals surface area (Å²) in [5.74, 6) is -0.191. The van der Waals surface area contributed by atoms with E-state index in [1.165, 1.54) is 193 Å². The van der Waals surface area contributed by atoms with Gasteiger partial charge in [0.1, 0.15) is 24.4 Å². The minimum absolute atomic E-state index is 0.191. The second kappa shape index (κ2) is 55.9. The van der Waals surface area contributed by atoms with Crippen molar-refractivity contribution in [1.82, 2.24) is 5.32 Å². The zero-order chi connectivity index (χ0) is 55.0. The van der Waals surface area contributed by atoms with Crippen LogP contribution in [0.4, 0.5) is 0 Å². The van der Waals surface area contributed by atoms with Gasteiger partial charge in [-0.2, -0.15) is 0 Å². The molecule has 1 aliphatic rings. The highest BCUT2D eigenvalue weighted by atomic mass is 16.7. The maximum absolute atomic E-state index is 13.1. The first-order valence-corrected chi connectivity index (χ1v) is 32.2. The average molecular weight is 1070 g/mol. The van der Waals surface area contributed by atoms with Gasteiger partial charge in [0.05, 0.1) is 25.4 Å². The number of rotatable bonds is 55. The van der Waals surface area contributed by atoms with E-state index in [-0.39, 0.29) is 12.5 Å². The van der Waals surface area contributed by atoms with Crippen LogP contribution in [0.5, 0.6) is 0 Å². The smallest absolute Gasteiger partial charge is 0.220 e. The number of aliphatic hydroxyl groups excluding tert-OH is 5. The van der Waals surface area contributed by atoms with Gasteiger partial charge in [0, 0.05) is 6.42 Å². The van der Waals surface area contributed by atoms with Gasteiger partial charge in [-0.3, -0.25) is 4.79 Å². The predicted octanol–water partition coefficient (Wildman–Crippen LogP) is 16.8. The predicted molar refractivity (Wildman–Crippen MR) is 322 cm³/mol. The molecule has 0 spiro atoms. The van der Waals surface area contributed by atoms with Crippen molar-refractivity contribution in [3.05, 3.63) is 72.9 Å². The van der Waals surface area contributed by atoms with Crippen LogP contribution < -0.4 is 5.32 Å². The zero-order valence-corrected chi connectivity index (χ0v) is 49.3. The Hall–Kier alpha value is -2.37. The van der Waals surface area contributed by atoms with E-state index in [0.717, 1.165) is 77.0 Å². The summed E-state index contributed by atoms with van der Waals surface area (Å²) in [5.41, 5.74) is 0. The molecule has 1 heterocycles. The number of aliphatic hydroxyl groups is 5. The highest BCUT2D eigenvalue weighted by Gasteiger charge is 2.44. The lowest BCUT2D eigenvalue weighted by molar-refractivity contribution is -0.302. The van der Waals surface area contributed by atoms with Gasteiger partial charge in [0.2, 0.25) is 5.91 Å². The van der Waals surface area contributed by atoms with Crippen LogP contribution in [0.1, 0.15) is 290 Å². The van der Waals surface area contributed by atoms with Gasteiger partial charge in [0.25, 0.3) is 0 Å². The summed E-state index contributed by atoms with van der Waals surface area (Å²) in [4.78, 5) is 13.1. The van der Waals surface area contributed by atoms with Gasteiger partial charge in [-0.15, -0.1) is 0 Å². The van der Waals surface area contributed by atoms with Gasteiger partial charge in [-0.1, -0.05) is 286 Å². The number of ether oxygens (including phenoxy) is 2. The number of allylic oxidation sites excluding steroid dienone is 11. The molecule has 1 fully saturated rings. The van der Waals surface area contributed by atoms with E-state index >= 15 is 0 Å². The summed E-state index contributed by atoms with van der Waals surface area (Å²) >= 11 is 0. The fourth-order valence-corrected chi connectivity index (χ4v) is 9.99. The van der Waals surface area contributed by atoms with E-state index in [0.29, 0.717) is 6.42 Å². The van der Waals surface area contributed by atoms with Gasteiger partial charge in [-0.05, 0) is 70.6 Å². The Labute approximate surface area is 468 Å². The monoisotopic (exact) mass is 1070 g/mol. The molecule has 0 saturated carbocycles. The van der Waals surface area contributed by atoms with Crippen molar-refractivity contribution in [1.29, 1.82) is 0 Å². The van der Waals surface area contributed by atoms with Crippen LogP contribution in [0.25, 0.3) is 0 Å². The lowest BCUT2D eigenvalue weighted by atomic mass is 9.99. The molecule has 1 aliphatic heterocycles. The Kier molecular flexibility index (Phi) is 52.7. The topological polar surface area (TPSA) is 149 Å². The Morgan fingerprint density at radius 1 is 0.461 bits per heavy atom. The molecule has 7 atom stereocenters. The Bertz CT molecular complexity index is 1420. The molecule has 1 saturated heterocycles. The van der Waals surface area contributed by atoms with Crippen LogP contribution >= 0.6 is 0 Å². The van der Waals surface area contributed by atoms with Crippen molar-refractivity contribution in [2.75, 3.05) is 13.2 Å². The minimum Gasteiger partial charge on any atom is -0.394 e. The molecule has 1 rings (SSSR count). The molecule has 0 aliphatic carbocycles. The summed E-state index contributed by atoms with van der Waals surface area (Å²) in [6.07, 6.45) is 71.3. The van der Waals surface area contributed by atoms with E-state index in [4.69, 9.17) is 9.47 Å². The number of nitrogens with one attached hydrogen (secondary N) is 1. The number of unbranched alkanes of at least 4 members (excludes halogenated alkanes) is 35. The summed E-state index contributed by atoms with van der Waals surface area (Å²) in [6, 6.07) is -0.829. The quantitative estimate of drug-likeness (QED) is 0.0261. The number of hydrogen-bond donors (Lipinski definition) is 6. The standard InChI is InChI=1S/C67H121NO8/c1-3-5-7-9-11-13-15-17-19-21-23-25-27-28-29-30-31-32-33-35-36-38-40-42-44-46-48-50-52-54-56-61(70)60(59-75-67-66(74)65(73)64(72)62(58-69)76-67)68-63(71)57-55-53-51-49-47-45-43-41-39-37-34-26-24-22-20-18-16-14-12-10-8-6-4-2/h6,8,12,14,18,20,24,26,46,48,54,56,60-62,64-67,69-70,72-74H,3-5,7,9-11,13,15-17,19,21-23,25,27-45,47,49-53,55,57-59H2,1-2H3,(H,68,71)/b8-6-,14-12-,20-18-,26-24-,48-46+,56-54+. The second-order valence-corrected chi connectivity index (χ2v) is 22.2. The van der Waals surface area contributed by atoms with E-state index in [1.807, 2.05) is 6.08 Å². The van der Waals surface area contributed by atoms with Crippen LogP contribution in [0.3, 0.4) is 0 Å². The van der Waals surface area contributed by atoms with Gasteiger partial charge >= 0.3 is 0 Å². The molecule has 9 nitrogen and oxygen atoms in total. The molecular weight excluding hydrogens is 947 g/mol. The molecular formula is C67H121NO8. The number of hydrogen-bond acceptors (Lipinski definition) is 8. The Morgan fingerprint density at radius 3 is 1.26 bits per heavy atom. The zero-order valence-electron chi connectivity index (χ0n) is 49.3. The van der Waals surface area contributed by atoms with Crippen molar-refractivity contribution in [2.24, 2.45) is 0 Å². The first kappa shape index (κ1) is 71.6. The molecule has 0 aromatic heterocycles. The highest BCUT2D eigenvalue weighted by molar-refractivity contribution is 5.76. The Morgan fingerprint density at radius 2 is 0.829 bits per heavy atom. The molecule has 0 aromatic rings.